The van der Waals surface area contributed by atoms with Crippen LogP contribution in [0.15, 0.2) is 75.9 Å². The number of carbonyl (C=O) groups is 1. The lowest BCUT2D eigenvalue weighted by atomic mass is 10.1. The second-order valence-corrected chi connectivity index (χ2v) is 6.64. The van der Waals surface area contributed by atoms with Crippen LogP contribution in [0.5, 0.6) is 17.2 Å². The van der Waals surface area contributed by atoms with Crippen molar-refractivity contribution in [3.63, 3.8) is 0 Å². The second kappa shape index (κ2) is 7.33. The third kappa shape index (κ3) is 3.66. The molecule has 2 N–H and O–H groups in total. The highest BCUT2D eigenvalue weighted by Gasteiger charge is 2.19. The van der Waals surface area contributed by atoms with Crippen LogP contribution >= 0.6 is 11.6 Å². The minimum Gasteiger partial charge on any atom is -0.508 e. The molecule has 1 aromatic heterocycles. The maximum absolute atomic E-state index is 13.1. The van der Waals surface area contributed by atoms with Crippen LogP contribution in [-0.4, -0.2) is 16.2 Å². The maximum atomic E-state index is 13.1. The quantitative estimate of drug-likeness (QED) is 0.475. The van der Waals surface area contributed by atoms with E-state index in [-0.39, 0.29) is 39.5 Å². The van der Waals surface area contributed by atoms with Crippen molar-refractivity contribution >= 4 is 28.5 Å². The predicted octanol–water partition coefficient (Wildman–Crippen LogP) is 5.31. The molecule has 4 aromatic rings. The van der Waals surface area contributed by atoms with Crippen LogP contribution in [-0.2, 0) is 0 Å². The summed E-state index contributed by atoms with van der Waals surface area (Å²) in [5.74, 6) is -0.736. The van der Waals surface area contributed by atoms with Crippen molar-refractivity contribution in [2.24, 2.45) is 0 Å². The highest BCUT2D eigenvalue weighted by Crippen LogP contribution is 2.35. The van der Waals surface area contributed by atoms with Crippen LogP contribution in [0.1, 0.15) is 10.4 Å². The molecule has 0 fully saturated rings. The second-order valence-electron chi connectivity index (χ2n) is 6.21. The zero-order valence-corrected chi connectivity index (χ0v) is 15.5. The number of fused-ring (bicyclic) bond motifs is 1. The first-order valence-corrected chi connectivity index (χ1v) is 8.87. The molecule has 0 aliphatic heterocycles. The van der Waals surface area contributed by atoms with Gasteiger partial charge in [-0.2, -0.15) is 0 Å². The number of aromatic carboxylic acids is 1. The zero-order chi connectivity index (χ0) is 20.5. The number of hydrogen-bond donors (Lipinski definition) is 2. The van der Waals surface area contributed by atoms with Crippen molar-refractivity contribution in [3.8, 4) is 28.6 Å². The SMILES string of the molecule is O=C(O)c1ccc(Oc2c(-c3ccc(Cl)cc3)oc3cc(O)ccc3c2=O)cc1. The fraction of sp³-hybridized carbons (Fsp3) is 0. The van der Waals surface area contributed by atoms with Gasteiger partial charge in [-0.05, 0) is 60.7 Å². The summed E-state index contributed by atoms with van der Waals surface area (Å²) in [5.41, 5.74) is 0.414. The fourth-order valence-corrected chi connectivity index (χ4v) is 2.96. The van der Waals surface area contributed by atoms with Gasteiger partial charge in [-0.25, -0.2) is 4.79 Å². The van der Waals surface area contributed by atoms with Gasteiger partial charge >= 0.3 is 5.97 Å². The molecule has 0 radical (unpaired) electrons. The molecular weight excluding hydrogens is 396 g/mol. The standard InChI is InChI=1S/C22H13ClO6/c23-14-5-1-12(2-6-14)20-21(28-16-8-3-13(4-9-16)22(26)27)19(25)17-10-7-15(24)11-18(17)29-20/h1-11,24H,(H,26,27). The van der Waals surface area contributed by atoms with Crippen molar-refractivity contribution in [2.45, 2.75) is 0 Å². The highest BCUT2D eigenvalue weighted by atomic mass is 35.5. The summed E-state index contributed by atoms with van der Waals surface area (Å²) < 4.78 is 11.7. The lowest BCUT2D eigenvalue weighted by Crippen LogP contribution is -2.07. The summed E-state index contributed by atoms with van der Waals surface area (Å²) in [5, 5.41) is 19.5. The number of phenolic OH excluding ortho intramolecular Hbond substituents is 1. The number of ether oxygens (including phenoxy) is 1. The third-order valence-corrected chi connectivity index (χ3v) is 4.51. The molecule has 0 bridgehead atoms. The van der Waals surface area contributed by atoms with E-state index in [1.165, 1.54) is 42.5 Å². The van der Waals surface area contributed by atoms with E-state index in [2.05, 4.69) is 0 Å². The van der Waals surface area contributed by atoms with Crippen molar-refractivity contribution in [2.75, 3.05) is 0 Å². The van der Waals surface area contributed by atoms with Crippen LogP contribution in [0.4, 0.5) is 0 Å². The average Bonchev–Trinajstić information content (AvgIpc) is 2.71. The van der Waals surface area contributed by atoms with E-state index < -0.39 is 11.4 Å². The number of carboxylic acids is 1. The van der Waals surface area contributed by atoms with Crippen molar-refractivity contribution < 1.29 is 24.2 Å². The third-order valence-electron chi connectivity index (χ3n) is 4.26. The molecule has 0 aliphatic carbocycles. The minimum atomic E-state index is -1.07. The van der Waals surface area contributed by atoms with Crippen molar-refractivity contribution in [3.05, 3.63) is 87.5 Å². The van der Waals surface area contributed by atoms with Crippen LogP contribution < -0.4 is 10.2 Å². The van der Waals surface area contributed by atoms with E-state index in [9.17, 15) is 14.7 Å². The number of halogens is 1. The van der Waals surface area contributed by atoms with Gasteiger partial charge in [-0.15, -0.1) is 0 Å². The van der Waals surface area contributed by atoms with Gasteiger partial charge < -0.3 is 19.4 Å². The molecule has 6 nitrogen and oxygen atoms in total. The van der Waals surface area contributed by atoms with E-state index in [4.69, 9.17) is 25.9 Å². The fourth-order valence-electron chi connectivity index (χ4n) is 2.83. The molecule has 0 amide bonds. The minimum absolute atomic E-state index is 0.0411. The molecule has 1 heterocycles. The molecule has 3 aromatic carbocycles. The van der Waals surface area contributed by atoms with E-state index in [1.807, 2.05) is 0 Å². The highest BCUT2D eigenvalue weighted by molar-refractivity contribution is 6.30. The molecule has 7 heteroatoms. The van der Waals surface area contributed by atoms with Gasteiger partial charge in [-0.1, -0.05) is 11.6 Å². The first kappa shape index (κ1) is 18.6. The van der Waals surface area contributed by atoms with Crippen molar-refractivity contribution in [1.82, 2.24) is 0 Å². The lowest BCUT2D eigenvalue weighted by molar-refractivity contribution is 0.0697. The number of aromatic hydroxyl groups is 1. The molecule has 0 spiro atoms. The summed E-state index contributed by atoms with van der Waals surface area (Å²) >= 11 is 5.95. The summed E-state index contributed by atoms with van der Waals surface area (Å²) in [6.45, 7) is 0. The largest absolute Gasteiger partial charge is 0.508 e. The summed E-state index contributed by atoms with van der Waals surface area (Å²) in [6, 6.07) is 16.5. The van der Waals surface area contributed by atoms with Gasteiger partial charge in [0.05, 0.1) is 10.9 Å². The Labute approximate surface area is 169 Å². The number of rotatable bonds is 4. The lowest BCUT2D eigenvalue weighted by Gasteiger charge is -2.12. The molecule has 144 valence electrons. The van der Waals surface area contributed by atoms with Gasteiger partial charge in [0.25, 0.3) is 0 Å². The Hall–Kier alpha value is -3.77. The van der Waals surface area contributed by atoms with Crippen LogP contribution in [0.2, 0.25) is 5.02 Å². The van der Waals surface area contributed by atoms with Crippen LogP contribution in [0.25, 0.3) is 22.3 Å². The van der Waals surface area contributed by atoms with Gasteiger partial charge in [0.2, 0.25) is 11.2 Å². The number of benzene rings is 3. The molecule has 0 aliphatic rings. The normalized spacial score (nSPS) is 10.8. The Balaban J connectivity index is 1.90. The van der Waals surface area contributed by atoms with Gasteiger partial charge in [0, 0.05) is 16.7 Å². The molecule has 0 saturated heterocycles. The molecule has 0 unspecified atom stereocenters. The van der Waals surface area contributed by atoms with Gasteiger partial charge in [-0.3, -0.25) is 4.79 Å². The molecule has 0 atom stereocenters. The Morgan fingerprint density at radius 2 is 1.66 bits per heavy atom. The summed E-state index contributed by atoms with van der Waals surface area (Å²) in [4.78, 5) is 24.1. The van der Waals surface area contributed by atoms with E-state index in [1.54, 1.807) is 24.3 Å². The first-order valence-electron chi connectivity index (χ1n) is 8.49. The maximum Gasteiger partial charge on any atom is 0.335 e. The Kier molecular flexibility index (Phi) is 4.70. The monoisotopic (exact) mass is 408 g/mol. The molecule has 0 saturated carbocycles. The van der Waals surface area contributed by atoms with Gasteiger partial charge in [0.1, 0.15) is 17.1 Å². The van der Waals surface area contributed by atoms with E-state index >= 15 is 0 Å². The van der Waals surface area contributed by atoms with Crippen LogP contribution in [0.3, 0.4) is 0 Å². The molecule has 29 heavy (non-hydrogen) atoms. The molecule has 4 rings (SSSR count). The summed E-state index contributed by atoms with van der Waals surface area (Å²) in [7, 11) is 0. The Morgan fingerprint density at radius 3 is 2.31 bits per heavy atom. The van der Waals surface area contributed by atoms with Crippen molar-refractivity contribution in [1.29, 1.82) is 0 Å². The molecular formula is C22H13ClO6. The number of carboxylic acid groups (broad SMARTS) is 1. The van der Waals surface area contributed by atoms with Gasteiger partial charge in [0.15, 0.2) is 5.76 Å². The smallest absolute Gasteiger partial charge is 0.335 e. The average molecular weight is 409 g/mol. The zero-order valence-electron chi connectivity index (χ0n) is 14.8. The number of hydrogen-bond acceptors (Lipinski definition) is 5. The number of phenols is 1. The topological polar surface area (TPSA) is 97.0 Å². The predicted molar refractivity (Wildman–Crippen MR) is 108 cm³/mol. The van der Waals surface area contributed by atoms with E-state index in [0.29, 0.717) is 10.6 Å². The summed E-state index contributed by atoms with van der Waals surface area (Å²) in [6.07, 6.45) is 0. The van der Waals surface area contributed by atoms with Crippen LogP contribution in [0, 0.1) is 0 Å². The Morgan fingerprint density at radius 1 is 0.966 bits per heavy atom. The first-order chi connectivity index (χ1) is 13.9. The van der Waals surface area contributed by atoms with E-state index in [0.717, 1.165) is 0 Å². The Bertz CT molecular complexity index is 1270.